The molecule has 0 amide bonds. The SMILES string of the molecule is CCC/C(=C\C(=O)O)Nc1ccc([N+](=O)[O-])cc1. The first kappa shape index (κ1) is 13.7. The van der Waals surface area contributed by atoms with Crippen LogP contribution in [0.25, 0.3) is 0 Å². The van der Waals surface area contributed by atoms with Gasteiger partial charge in [0.25, 0.3) is 5.69 Å². The van der Waals surface area contributed by atoms with Crippen molar-refractivity contribution in [1.82, 2.24) is 0 Å². The maximum Gasteiger partial charge on any atom is 0.330 e. The number of nitro groups is 1. The van der Waals surface area contributed by atoms with Gasteiger partial charge in [-0.15, -0.1) is 0 Å². The van der Waals surface area contributed by atoms with Crippen molar-refractivity contribution in [2.75, 3.05) is 5.32 Å². The van der Waals surface area contributed by atoms with Gasteiger partial charge in [-0.3, -0.25) is 10.1 Å². The highest BCUT2D eigenvalue weighted by atomic mass is 16.6. The largest absolute Gasteiger partial charge is 0.478 e. The zero-order valence-corrected chi connectivity index (χ0v) is 9.92. The van der Waals surface area contributed by atoms with E-state index in [4.69, 9.17) is 5.11 Å². The fraction of sp³-hybridized carbons (Fsp3) is 0.250. The number of anilines is 1. The van der Waals surface area contributed by atoms with Crippen LogP contribution in [0.4, 0.5) is 11.4 Å². The van der Waals surface area contributed by atoms with E-state index in [2.05, 4.69) is 5.32 Å². The van der Waals surface area contributed by atoms with Gasteiger partial charge >= 0.3 is 5.97 Å². The minimum Gasteiger partial charge on any atom is -0.478 e. The van der Waals surface area contributed by atoms with Gasteiger partial charge in [0.2, 0.25) is 0 Å². The lowest BCUT2D eigenvalue weighted by atomic mass is 10.2. The number of nitro benzene ring substituents is 1. The van der Waals surface area contributed by atoms with Crippen LogP contribution in [-0.2, 0) is 4.79 Å². The Kier molecular flexibility index (Phi) is 4.86. The van der Waals surface area contributed by atoms with Crippen molar-refractivity contribution in [3.05, 3.63) is 46.2 Å². The van der Waals surface area contributed by atoms with Crippen LogP contribution in [0.1, 0.15) is 19.8 Å². The second kappa shape index (κ2) is 6.39. The van der Waals surface area contributed by atoms with Crippen LogP contribution in [-0.4, -0.2) is 16.0 Å². The summed E-state index contributed by atoms with van der Waals surface area (Å²) in [4.78, 5) is 20.6. The van der Waals surface area contributed by atoms with E-state index in [-0.39, 0.29) is 5.69 Å². The van der Waals surface area contributed by atoms with E-state index in [1.807, 2.05) is 6.92 Å². The molecule has 0 bridgehead atoms. The highest BCUT2D eigenvalue weighted by Gasteiger charge is 2.05. The third-order valence-electron chi connectivity index (χ3n) is 2.20. The summed E-state index contributed by atoms with van der Waals surface area (Å²) in [5, 5.41) is 22.1. The lowest BCUT2D eigenvalue weighted by molar-refractivity contribution is -0.384. The first-order valence-corrected chi connectivity index (χ1v) is 5.48. The molecule has 2 N–H and O–H groups in total. The normalized spacial score (nSPS) is 11.1. The fourth-order valence-electron chi connectivity index (χ4n) is 1.44. The minimum atomic E-state index is -1.02. The van der Waals surface area contributed by atoms with Crippen LogP contribution in [0, 0.1) is 10.1 Å². The average Bonchev–Trinajstić information content (AvgIpc) is 2.29. The summed E-state index contributed by atoms with van der Waals surface area (Å²) >= 11 is 0. The van der Waals surface area contributed by atoms with Gasteiger partial charge < -0.3 is 10.4 Å². The summed E-state index contributed by atoms with van der Waals surface area (Å²) in [6.07, 6.45) is 2.51. The second-order valence-corrected chi connectivity index (χ2v) is 3.69. The maximum absolute atomic E-state index is 10.6. The van der Waals surface area contributed by atoms with E-state index < -0.39 is 10.9 Å². The minimum absolute atomic E-state index is 0.000180. The first-order valence-electron chi connectivity index (χ1n) is 5.48. The van der Waals surface area contributed by atoms with Gasteiger partial charge in [0.15, 0.2) is 0 Å². The van der Waals surface area contributed by atoms with Gasteiger partial charge in [-0.05, 0) is 18.6 Å². The van der Waals surface area contributed by atoms with Crippen LogP contribution in [0.5, 0.6) is 0 Å². The van der Waals surface area contributed by atoms with Crippen LogP contribution < -0.4 is 5.32 Å². The number of carbonyl (C=O) groups is 1. The summed E-state index contributed by atoms with van der Waals surface area (Å²) in [6, 6.07) is 5.83. The lowest BCUT2D eigenvalue weighted by Crippen LogP contribution is -2.03. The molecule has 0 aromatic heterocycles. The molecule has 0 spiro atoms. The Bertz CT molecular complexity index is 465. The molecule has 0 aliphatic heterocycles. The van der Waals surface area contributed by atoms with E-state index in [1.54, 1.807) is 12.1 Å². The van der Waals surface area contributed by atoms with E-state index in [9.17, 15) is 14.9 Å². The van der Waals surface area contributed by atoms with Gasteiger partial charge in [-0.25, -0.2) is 4.79 Å². The zero-order valence-electron chi connectivity index (χ0n) is 9.92. The molecular formula is C12H14N2O4. The van der Waals surface area contributed by atoms with Gasteiger partial charge in [0, 0.05) is 29.6 Å². The molecule has 6 heteroatoms. The smallest absolute Gasteiger partial charge is 0.330 e. The van der Waals surface area contributed by atoms with E-state index in [1.165, 1.54) is 12.1 Å². The van der Waals surface area contributed by atoms with Crippen molar-refractivity contribution < 1.29 is 14.8 Å². The Morgan fingerprint density at radius 2 is 2.06 bits per heavy atom. The number of carboxylic acids is 1. The Balaban J connectivity index is 2.81. The van der Waals surface area contributed by atoms with E-state index in [0.29, 0.717) is 17.8 Å². The summed E-state index contributed by atoms with van der Waals surface area (Å²) in [5.74, 6) is -1.02. The molecule has 0 aliphatic carbocycles. The Labute approximate surface area is 104 Å². The van der Waals surface area contributed by atoms with Crippen molar-refractivity contribution in [2.24, 2.45) is 0 Å². The topological polar surface area (TPSA) is 92.5 Å². The number of nitrogens with zero attached hydrogens (tertiary/aromatic N) is 1. The van der Waals surface area contributed by atoms with Gasteiger partial charge in [0.05, 0.1) is 4.92 Å². The third kappa shape index (κ3) is 4.25. The molecule has 0 atom stereocenters. The molecule has 6 nitrogen and oxygen atoms in total. The maximum atomic E-state index is 10.6. The number of carboxylic acid groups (broad SMARTS) is 1. The summed E-state index contributed by atoms with van der Waals surface area (Å²) in [6.45, 7) is 1.94. The van der Waals surface area contributed by atoms with Gasteiger partial charge in [-0.1, -0.05) is 13.3 Å². The standard InChI is InChI=1S/C12H14N2O4/c1-2-3-10(8-12(15)16)13-9-4-6-11(7-5-9)14(17)18/h4-8,13H,2-3H2,1H3,(H,15,16)/b10-8+. The van der Waals surface area contributed by atoms with Crippen LogP contribution >= 0.6 is 0 Å². The number of hydrogen-bond donors (Lipinski definition) is 2. The summed E-state index contributed by atoms with van der Waals surface area (Å²) in [7, 11) is 0. The monoisotopic (exact) mass is 250 g/mol. The van der Waals surface area contributed by atoms with Crippen LogP contribution in [0.15, 0.2) is 36.0 Å². The number of hydrogen-bond acceptors (Lipinski definition) is 4. The number of rotatable bonds is 6. The van der Waals surface area contributed by atoms with Gasteiger partial charge in [0.1, 0.15) is 0 Å². The molecule has 1 aromatic carbocycles. The number of non-ortho nitro benzene ring substituents is 1. The molecule has 0 heterocycles. The Morgan fingerprint density at radius 3 is 2.50 bits per heavy atom. The van der Waals surface area contributed by atoms with E-state index >= 15 is 0 Å². The Morgan fingerprint density at radius 1 is 1.44 bits per heavy atom. The molecule has 96 valence electrons. The highest BCUT2D eigenvalue weighted by molar-refractivity contribution is 5.81. The van der Waals surface area contributed by atoms with Crippen molar-refractivity contribution in [2.45, 2.75) is 19.8 Å². The van der Waals surface area contributed by atoms with Gasteiger partial charge in [-0.2, -0.15) is 0 Å². The predicted molar refractivity (Wildman–Crippen MR) is 67.3 cm³/mol. The molecule has 0 aliphatic rings. The highest BCUT2D eigenvalue weighted by Crippen LogP contribution is 2.18. The molecule has 0 saturated heterocycles. The number of benzene rings is 1. The molecule has 1 rings (SSSR count). The zero-order chi connectivity index (χ0) is 13.5. The second-order valence-electron chi connectivity index (χ2n) is 3.69. The average molecular weight is 250 g/mol. The fourth-order valence-corrected chi connectivity index (χ4v) is 1.44. The molecular weight excluding hydrogens is 236 g/mol. The number of aliphatic carboxylic acids is 1. The first-order chi connectivity index (χ1) is 8.52. The molecule has 0 unspecified atom stereocenters. The number of allylic oxidation sites excluding steroid dienone is 1. The van der Waals surface area contributed by atoms with E-state index in [0.717, 1.165) is 12.5 Å². The predicted octanol–water partition coefficient (Wildman–Crippen LogP) is 2.78. The van der Waals surface area contributed by atoms with Crippen molar-refractivity contribution >= 4 is 17.3 Å². The third-order valence-corrected chi connectivity index (χ3v) is 2.20. The number of nitrogens with one attached hydrogen (secondary N) is 1. The molecule has 1 aromatic rings. The molecule has 0 saturated carbocycles. The van der Waals surface area contributed by atoms with Crippen LogP contribution in [0.3, 0.4) is 0 Å². The van der Waals surface area contributed by atoms with Crippen LogP contribution in [0.2, 0.25) is 0 Å². The Hall–Kier alpha value is -2.37. The molecule has 0 radical (unpaired) electrons. The molecule has 0 fully saturated rings. The molecule has 18 heavy (non-hydrogen) atoms. The van der Waals surface area contributed by atoms with Crippen molar-refractivity contribution in [1.29, 1.82) is 0 Å². The van der Waals surface area contributed by atoms with Crippen molar-refractivity contribution in [3.8, 4) is 0 Å². The van der Waals surface area contributed by atoms with Crippen molar-refractivity contribution in [3.63, 3.8) is 0 Å². The summed E-state index contributed by atoms with van der Waals surface area (Å²) < 4.78 is 0. The quantitative estimate of drug-likeness (QED) is 0.460. The summed E-state index contributed by atoms with van der Waals surface area (Å²) in [5.41, 5.74) is 1.19. The lowest BCUT2D eigenvalue weighted by Gasteiger charge is -2.09.